The summed E-state index contributed by atoms with van der Waals surface area (Å²) in [5, 5.41) is 3.63. The minimum absolute atomic E-state index is 0.544. The van der Waals surface area contributed by atoms with E-state index in [2.05, 4.69) is 62.4 Å². The lowest BCUT2D eigenvalue weighted by Crippen LogP contribution is -2.18. The normalized spacial score (nSPS) is 12.2. The SMILES string of the molecule is CCCCCCC(C)Nc1ccccc1N(C)C. The first-order valence-electron chi connectivity index (χ1n) is 7.18. The van der Waals surface area contributed by atoms with Crippen LogP contribution < -0.4 is 10.2 Å². The van der Waals surface area contributed by atoms with Crippen LogP contribution >= 0.6 is 0 Å². The molecular formula is C16H28N2. The van der Waals surface area contributed by atoms with Crippen LogP contribution in [-0.2, 0) is 0 Å². The van der Waals surface area contributed by atoms with Crippen LogP contribution in [0.5, 0.6) is 0 Å². The fourth-order valence-corrected chi connectivity index (χ4v) is 2.20. The number of unbranched alkanes of at least 4 members (excludes halogenated alkanes) is 3. The van der Waals surface area contributed by atoms with Gasteiger partial charge in [0.25, 0.3) is 0 Å². The average molecular weight is 248 g/mol. The summed E-state index contributed by atoms with van der Waals surface area (Å²) in [7, 11) is 4.18. The van der Waals surface area contributed by atoms with Gasteiger partial charge in [-0.3, -0.25) is 0 Å². The Balaban J connectivity index is 2.46. The highest BCUT2D eigenvalue weighted by Crippen LogP contribution is 2.24. The van der Waals surface area contributed by atoms with E-state index in [9.17, 15) is 0 Å². The topological polar surface area (TPSA) is 15.3 Å². The molecule has 1 N–H and O–H groups in total. The molecule has 1 rings (SSSR count). The maximum Gasteiger partial charge on any atom is 0.0596 e. The third kappa shape index (κ3) is 4.99. The Kier molecular flexibility index (Phi) is 6.63. The van der Waals surface area contributed by atoms with Crippen molar-refractivity contribution < 1.29 is 0 Å². The highest BCUT2D eigenvalue weighted by atomic mass is 15.1. The molecule has 0 bridgehead atoms. The van der Waals surface area contributed by atoms with Gasteiger partial charge in [-0.25, -0.2) is 0 Å². The van der Waals surface area contributed by atoms with Gasteiger partial charge in [0, 0.05) is 20.1 Å². The summed E-state index contributed by atoms with van der Waals surface area (Å²) < 4.78 is 0. The predicted molar refractivity (Wildman–Crippen MR) is 82.6 cm³/mol. The van der Waals surface area contributed by atoms with E-state index >= 15 is 0 Å². The standard InChI is InChI=1S/C16H28N2/c1-5-6-7-8-11-14(2)17-15-12-9-10-13-16(15)18(3)4/h9-10,12-14,17H,5-8,11H2,1-4H3. The number of para-hydroxylation sites is 2. The smallest absolute Gasteiger partial charge is 0.0596 e. The van der Waals surface area contributed by atoms with Crippen LogP contribution in [0.3, 0.4) is 0 Å². The van der Waals surface area contributed by atoms with E-state index in [0.29, 0.717) is 6.04 Å². The van der Waals surface area contributed by atoms with E-state index in [1.54, 1.807) is 0 Å². The van der Waals surface area contributed by atoms with Gasteiger partial charge in [-0.2, -0.15) is 0 Å². The summed E-state index contributed by atoms with van der Waals surface area (Å²) >= 11 is 0. The lowest BCUT2D eigenvalue weighted by atomic mass is 10.1. The molecule has 0 heterocycles. The Morgan fingerprint density at radius 2 is 1.83 bits per heavy atom. The summed E-state index contributed by atoms with van der Waals surface area (Å²) in [5.41, 5.74) is 2.50. The maximum atomic E-state index is 3.63. The molecule has 0 fully saturated rings. The van der Waals surface area contributed by atoms with E-state index < -0.39 is 0 Å². The Hall–Kier alpha value is -1.18. The van der Waals surface area contributed by atoms with E-state index in [4.69, 9.17) is 0 Å². The fourth-order valence-electron chi connectivity index (χ4n) is 2.20. The second kappa shape index (κ2) is 8.02. The van der Waals surface area contributed by atoms with E-state index in [-0.39, 0.29) is 0 Å². The number of hydrogen-bond donors (Lipinski definition) is 1. The fraction of sp³-hybridized carbons (Fsp3) is 0.625. The van der Waals surface area contributed by atoms with E-state index in [1.807, 2.05) is 0 Å². The van der Waals surface area contributed by atoms with Gasteiger partial charge in [0.1, 0.15) is 0 Å². The number of hydrogen-bond acceptors (Lipinski definition) is 2. The molecule has 0 aliphatic carbocycles. The van der Waals surface area contributed by atoms with Crippen LogP contribution in [0.4, 0.5) is 11.4 Å². The molecule has 0 aromatic heterocycles. The Labute approximate surface area is 112 Å². The third-order valence-corrected chi connectivity index (χ3v) is 3.28. The Morgan fingerprint density at radius 3 is 2.50 bits per heavy atom. The van der Waals surface area contributed by atoms with Gasteiger partial charge in [-0.15, -0.1) is 0 Å². The van der Waals surface area contributed by atoms with Gasteiger partial charge in [0.2, 0.25) is 0 Å². The van der Waals surface area contributed by atoms with Crippen molar-refractivity contribution in [2.75, 3.05) is 24.3 Å². The van der Waals surface area contributed by atoms with Crippen LogP contribution in [0.15, 0.2) is 24.3 Å². The van der Waals surface area contributed by atoms with Crippen LogP contribution in [-0.4, -0.2) is 20.1 Å². The molecule has 1 atom stereocenters. The largest absolute Gasteiger partial charge is 0.381 e. The van der Waals surface area contributed by atoms with Gasteiger partial charge < -0.3 is 10.2 Å². The first kappa shape index (κ1) is 14.9. The first-order valence-corrected chi connectivity index (χ1v) is 7.18. The molecule has 0 aliphatic heterocycles. The predicted octanol–water partition coefficient (Wildman–Crippen LogP) is 4.52. The molecule has 0 amide bonds. The zero-order valence-electron chi connectivity index (χ0n) is 12.4. The quantitative estimate of drug-likeness (QED) is 0.680. The number of anilines is 2. The van der Waals surface area contributed by atoms with Gasteiger partial charge in [0.05, 0.1) is 11.4 Å². The number of rotatable bonds is 8. The molecule has 2 nitrogen and oxygen atoms in total. The minimum Gasteiger partial charge on any atom is -0.381 e. The van der Waals surface area contributed by atoms with Crippen molar-refractivity contribution in [1.82, 2.24) is 0 Å². The summed E-state index contributed by atoms with van der Waals surface area (Å²) in [4.78, 5) is 2.16. The molecule has 102 valence electrons. The second-order valence-corrected chi connectivity index (χ2v) is 5.31. The summed E-state index contributed by atoms with van der Waals surface area (Å²) in [6.45, 7) is 4.54. The van der Waals surface area contributed by atoms with Gasteiger partial charge in [-0.1, -0.05) is 44.7 Å². The molecule has 0 saturated carbocycles. The molecule has 0 saturated heterocycles. The second-order valence-electron chi connectivity index (χ2n) is 5.31. The maximum absolute atomic E-state index is 3.63. The third-order valence-electron chi connectivity index (χ3n) is 3.28. The Morgan fingerprint density at radius 1 is 1.11 bits per heavy atom. The van der Waals surface area contributed by atoms with Gasteiger partial charge in [0.15, 0.2) is 0 Å². The molecule has 1 aromatic rings. The highest BCUT2D eigenvalue weighted by molar-refractivity contribution is 5.69. The van der Waals surface area contributed by atoms with Crippen molar-refractivity contribution in [3.05, 3.63) is 24.3 Å². The summed E-state index contributed by atoms with van der Waals surface area (Å²) in [6, 6.07) is 9.05. The summed E-state index contributed by atoms with van der Waals surface area (Å²) in [5.74, 6) is 0. The lowest BCUT2D eigenvalue weighted by molar-refractivity contribution is 0.594. The van der Waals surface area contributed by atoms with Crippen molar-refractivity contribution in [3.63, 3.8) is 0 Å². The minimum atomic E-state index is 0.544. The highest BCUT2D eigenvalue weighted by Gasteiger charge is 2.06. The summed E-state index contributed by atoms with van der Waals surface area (Å²) in [6.07, 6.45) is 6.61. The lowest BCUT2D eigenvalue weighted by Gasteiger charge is -2.21. The number of nitrogens with zero attached hydrogens (tertiary/aromatic N) is 1. The average Bonchev–Trinajstić information content (AvgIpc) is 2.35. The number of nitrogens with one attached hydrogen (secondary N) is 1. The molecule has 0 radical (unpaired) electrons. The first-order chi connectivity index (χ1) is 8.65. The zero-order chi connectivity index (χ0) is 13.4. The molecular weight excluding hydrogens is 220 g/mol. The van der Waals surface area contributed by atoms with Gasteiger partial charge in [-0.05, 0) is 25.5 Å². The van der Waals surface area contributed by atoms with Crippen molar-refractivity contribution in [3.8, 4) is 0 Å². The monoisotopic (exact) mass is 248 g/mol. The molecule has 2 heteroatoms. The zero-order valence-corrected chi connectivity index (χ0v) is 12.4. The van der Waals surface area contributed by atoms with Crippen molar-refractivity contribution in [2.45, 2.75) is 52.0 Å². The van der Waals surface area contributed by atoms with Crippen molar-refractivity contribution in [2.24, 2.45) is 0 Å². The molecule has 0 spiro atoms. The van der Waals surface area contributed by atoms with Crippen molar-refractivity contribution in [1.29, 1.82) is 0 Å². The van der Waals surface area contributed by atoms with Gasteiger partial charge >= 0.3 is 0 Å². The molecule has 0 aliphatic rings. The Bertz CT molecular complexity index is 334. The van der Waals surface area contributed by atoms with Crippen LogP contribution in [0.2, 0.25) is 0 Å². The van der Waals surface area contributed by atoms with Crippen LogP contribution in [0.1, 0.15) is 46.0 Å². The molecule has 18 heavy (non-hydrogen) atoms. The van der Waals surface area contributed by atoms with Crippen molar-refractivity contribution >= 4 is 11.4 Å². The van der Waals surface area contributed by atoms with E-state index in [0.717, 1.165) is 0 Å². The van der Waals surface area contributed by atoms with E-state index in [1.165, 1.54) is 43.5 Å². The molecule has 1 aromatic carbocycles. The molecule has 1 unspecified atom stereocenters. The number of benzene rings is 1. The van der Waals surface area contributed by atoms with Crippen LogP contribution in [0, 0.1) is 0 Å². The van der Waals surface area contributed by atoms with Crippen LogP contribution in [0.25, 0.3) is 0 Å².